The molecular formula is C16H15ClF3NO. The summed E-state index contributed by atoms with van der Waals surface area (Å²) in [7, 11) is 0. The van der Waals surface area contributed by atoms with Gasteiger partial charge in [-0.1, -0.05) is 31.5 Å². The summed E-state index contributed by atoms with van der Waals surface area (Å²) in [6.45, 7) is 4.16. The van der Waals surface area contributed by atoms with E-state index in [1.54, 1.807) is 6.07 Å². The van der Waals surface area contributed by atoms with Gasteiger partial charge in [0.05, 0.1) is 16.3 Å². The van der Waals surface area contributed by atoms with Gasteiger partial charge in [-0.3, -0.25) is 4.98 Å². The van der Waals surface area contributed by atoms with Gasteiger partial charge in [-0.05, 0) is 35.7 Å². The number of halogens is 4. The number of aromatic nitrogens is 1. The number of hydrogen-bond donors (Lipinski definition) is 0. The normalized spacial score (nSPS) is 11.8. The van der Waals surface area contributed by atoms with Crippen LogP contribution in [0.5, 0.6) is 5.75 Å². The van der Waals surface area contributed by atoms with Crippen LogP contribution in [0.25, 0.3) is 0 Å². The molecule has 1 aromatic heterocycles. The van der Waals surface area contributed by atoms with E-state index in [-0.39, 0.29) is 6.61 Å². The first-order valence-corrected chi connectivity index (χ1v) is 7.09. The lowest BCUT2D eigenvalue weighted by Gasteiger charge is -2.11. The van der Waals surface area contributed by atoms with Gasteiger partial charge < -0.3 is 4.74 Å². The monoisotopic (exact) mass is 329 g/mol. The molecule has 0 spiro atoms. The highest BCUT2D eigenvalue weighted by atomic mass is 35.5. The maximum atomic E-state index is 12.4. The predicted octanol–water partition coefficient (Wildman–Crippen LogP) is 5.46. The van der Waals surface area contributed by atoms with E-state index in [0.29, 0.717) is 22.4 Å². The number of rotatable bonds is 4. The molecule has 0 aliphatic carbocycles. The van der Waals surface area contributed by atoms with Crippen molar-refractivity contribution in [2.75, 3.05) is 0 Å². The molecule has 2 aromatic rings. The van der Waals surface area contributed by atoms with Crippen molar-refractivity contribution >= 4 is 11.6 Å². The topological polar surface area (TPSA) is 22.1 Å². The highest BCUT2D eigenvalue weighted by Crippen LogP contribution is 2.30. The Bertz CT molecular complexity index is 639. The summed E-state index contributed by atoms with van der Waals surface area (Å²) in [4.78, 5) is 3.75. The summed E-state index contributed by atoms with van der Waals surface area (Å²) in [5, 5.41) is 0.470. The first-order valence-electron chi connectivity index (χ1n) is 6.71. The zero-order valence-electron chi connectivity index (χ0n) is 12.1. The first-order chi connectivity index (χ1) is 10.3. The van der Waals surface area contributed by atoms with Crippen molar-refractivity contribution in [2.24, 2.45) is 0 Å². The number of ether oxygens (including phenoxy) is 1. The first kappa shape index (κ1) is 16.6. The van der Waals surface area contributed by atoms with Crippen molar-refractivity contribution in [3.8, 4) is 5.75 Å². The Hall–Kier alpha value is -1.75. The van der Waals surface area contributed by atoms with Crippen molar-refractivity contribution in [1.82, 2.24) is 4.98 Å². The summed E-state index contributed by atoms with van der Waals surface area (Å²) in [5.74, 6) is 0.830. The van der Waals surface area contributed by atoms with Crippen LogP contribution in [0, 0.1) is 0 Å². The van der Waals surface area contributed by atoms with E-state index in [4.69, 9.17) is 16.3 Å². The number of alkyl halides is 3. The molecule has 1 heterocycles. The summed E-state index contributed by atoms with van der Waals surface area (Å²) in [6.07, 6.45) is -3.59. The van der Waals surface area contributed by atoms with Crippen LogP contribution in [0.1, 0.15) is 36.6 Å². The number of pyridine rings is 1. The van der Waals surface area contributed by atoms with E-state index >= 15 is 0 Å². The molecule has 0 N–H and O–H groups in total. The molecule has 1 aromatic carbocycles. The van der Waals surface area contributed by atoms with Crippen LogP contribution in [-0.4, -0.2) is 4.98 Å². The molecule has 0 radical (unpaired) electrons. The SMILES string of the molecule is CC(C)c1ccc(OCc2ccc(C(F)(F)F)cn2)c(Cl)c1. The van der Waals surface area contributed by atoms with Crippen LogP contribution in [0.3, 0.4) is 0 Å². The third kappa shape index (κ3) is 4.13. The van der Waals surface area contributed by atoms with E-state index in [1.165, 1.54) is 6.07 Å². The summed E-state index contributed by atoms with van der Waals surface area (Å²) in [5.41, 5.74) is 0.706. The number of nitrogens with zero attached hydrogens (tertiary/aromatic N) is 1. The van der Waals surface area contributed by atoms with Crippen molar-refractivity contribution < 1.29 is 17.9 Å². The minimum Gasteiger partial charge on any atom is -0.486 e. The largest absolute Gasteiger partial charge is 0.486 e. The molecule has 118 valence electrons. The number of hydrogen-bond acceptors (Lipinski definition) is 2. The summed E-state index contributed by atoms with van der Waals surface area (Å²) >= 11 is 6.13. The summed E-state index contributed by atoms with van der Waals surface area (Å²) in [6, 6.07) is 7.75. The van der Waals surface area contributed by atoms with Crippen molar-refractivity contribution in [3.05, 3.63) is 58.4 Å². The van der Waals surface area contributed by atoms with Crippen LogP contribution >= 0.6 is 11.6 Å². The molecular weight excluding hydrogens is 315 g/mol. The molecule has 0 bridgehead atoms. The molecule has 0 unspecified atom stereocenters. The third-order valence-corrected chi connectivity index (χ3v) is 3.45. The van der Waals surface area contributed by atoms with Crippen LogP contribution in [-0.2, 0) is 12.8 Å². The van der Waals surface area contributed by atoms with Gasteiger partial charge >= 0.3 is 6.18 Å². The maximum Gasteiger partial charge on any atom is 0.417 e. The maximum absolute atomic E-state index is 12.4. The fourth-order valence-corrected chi connectivity index (χ4v) is 2.07. The van der Waals surface area contributed by atoms with Crippen LogP contribution in [0.2, 0.25) is 5.02 Å². The third-order valence-electron chi connectivity index (χ3n) is 3.15. The lowest BCUT2D eigenvalue weighted by Crippen LogP contribution is -2.07. The Balaban J connectivity index is 2.04. The quantitative estimate of drug-likeness (QED) is 0.743. The molecule has 0 saturated carbocycles. The molecule has 2 nitrogen and oxygen atoms in total. The molecule has 2 rings (SSSR count). The fourth-order valence-electron chi connectivity index (χ4n) is 1.82. The second-order valence-corrected chi connectivity index (χ2v) is 5.58. The molecule has 0 aliphatic rings. The van der Waals surface area contributed by atoms with Crippen molar-refractivity contribution in [1.29, 1.82) is 0 Å². The van der Waals surface area contributed by atoms with Crippen LogP contribution in [0.15, 0.2) is 36.5 Å². The van der Waals surface area contributed by atoms with E-state index in [1.807, 2.05) is 12.1 Å². The zero-order valence-corrected chi connectivity index (χ0v) is 12.9. The van der Waals surface area contributed by atoms with Crippen molar-refractivity contribution in [3.63, 3.8) is 0 Å². The Labute approximate surface area is 131 Å². The van der Waals surface area contributed by atoms with Gasteiger partial charge in [0.1, 0.15) is 12.4 Å². The zero-order chi connectivity index (χ0) is 16.3. The molecule has 0 aliphatic heterocycles. The molecule has 0 atom stereocenters. The predicted molar refractivity (Wildman–Crippen MR) is 79.1 cm³/mol. The standard InChI is InChI=1S/C16H15ClF3NO/c1-10(2)11-3-6-15(14(17)7-11)22-9-13-5-4-12(8-21-13)16(18,19)20/h3-8,10H,9H2,1-2H3. The molecule has 22 heavy (non-hydrogen) atoms. The van der Waals surface area contributed by atoms with Crippen LogP contribution in [0.4, 0.5) is 13.2 Å². The average Bonchev–Trinajstić information content (AvgIpc) is 2.45. The molecule has 0 fully saturated rings. The van der Waals surface area contributed by atoms with Gasteiger partial charge in [-0.2, -0.15) is 13.2 Å². The van der Waals surface area contributed by atoms with E-state index < -0.39 is 11.7 Å². The fraction of sp³-hybridized carbons (Fsp3) is 0.312. The second kappa shape index (κ2) is 6.57. The average molecular weight is 330 g/mol. The lowest BCUT2D eigenvalue weighted by atomic mass is 10.0. The Morgan fingerprint density at radius 2 is 1.91 bits per heavy atom. The molecule has 0 saturated heterocycles. The van der Waals surface area contributed by atoms with Gasteiger partial charge in [0.15, 0.2) is 0 Å². The van der Waals surface area contributed by atoms with Gasteiger partial charge in [-0.25, -0.2) is 0 Å². The molecule has 0 amide bonds. The van der Waals surface area contributed by atoms with Gasteiger partial charge in [0.2, 0.25) is 0 Å². The van der Waals surface area contributed by atoms with E-state index in [9.17, 15) is 13.2 Å². The van der Waals surface area contributed by atoms with Gasteiger partial charge in [0.25, 0.3) is 0 Å². The lowest BCUT2D eigenvalue weighted by molar-refractivity contribution is -0.137. The molecule has 6 heteroatoms. The van der Waals surface area contributed by atoms with E-state index in [2.05, 4.69) is 18.8 Å². The Morgan fingerprint density at radius 1 is 1.18 bits per heavy atom. The van der Waals surface area contributed by atoms with E-state index in [0.717, 1.165) is 17.8 Å². The number of benzene rings is 1. The Kier molecular flexibility index (Phi) is 4.96. The highest BCUT2D eigenvalue weighted by Gasteiger charge is 2.30. The van der Waals surface area contributed by atoms with Gasteiger partial charge in [0, 0.05) is 6.20 Å². The summed E-state index contributed by atoms with van der Waals surface area (Å²) < 4.78 is 42.8. The minimum atomic E-state index is -4.39. The minimum absolute atomic E-state index is 0.0544. The van der Waals surface area contributed by atoms with Crippen LogP contribution < -0.4 is 4.74 Å². The van der Waals surface area contributed by atoms with Gasteiger partial charge in [-0.15, -0.1) is 0 Å². The second-order valence-electron chi connectivity index (χ2n) is 5.17. The highest BCUT2D eigenvalue weighted by molar-refractivity contribution is 6.32. The Morgan fingerprint density at radius 3 is 2.41 bits per heavy atom. The van der Waals surface area contributed by atoms with Crippen molar-refractivity contribution in [2.45, 2.75) is 32.5 Å². The smallest absolute Gasteiger partial charge is 0.417 e.